The molecular formula is C16H28O. The van der Waals surface area contributed by atoms with Crippen molar-refractivity contribution in [3.63, 3.8) is 0 Å². The van der Waals surface area contributed by atoms with Gasteiger partial charge in [0.1, 0.15) is 0 Å². The number of hydrogen-bond acceptors (Lipinski definition) is 1. The fourth-order valence-corrected chi connectivity index (χ4v) is 2.35. The Morgan fingerprint density at radius 3 is 2.59 bits per heavy atom. The highest BCUT2D eigenvalue weighted by molar-refractivity contribution is 5.09. The summed E-state index contributed by atoms with van der Waals surface area (Å²) in [7, 11) is 0. The molecule has 98 valence electrons. The van der Waals surface area contributed by atoms with E-state index in [0.29, 0.717) is 18.1 Å². The molecule has 0 amide bonds. The Morgan fingerprint density at radius 1 is 1.29 bits per heavy atom. The molecule has 1 aliphatic heterocycles. The second-order valence-corrected chi connectivity index (χ2v) is 5.75. The molecule has 0 aliphatic carbocycles. The number of ether oxygens (including phenoxy) is 1. The molecule has 0 bridgehead atoms. The SMILES string of the molecule is CCC[C@@H](C)[C@H]1O[C@@H]1C[C@H](C)/C=C/C=C(C)C. The average Bonchev–Trinajstić information content (AvgIpc) is 2.97. The van der Waals surface area contributed by atoms with E-state index in [0.717, 1.165) is 5.92 Å². The number of rotatable bonds is 7. The van der Waals surface area contributed by atoms with Crippen molar-refractivity contribution in [1.82, 2.24) is 0 Å². The van der Waals surface area contributed by atoms with Crippen LogP contribution < -0.4 is 0 Å². The summed E-state index contributed by atoms with van der Waals surface area (Å²) in [6, 6.07) is 0. The van der Waals surface area contributed by atoms with Gasteiger partial charge >= 0.3 is 0 Å². The summed E-state index contributed by atoms with van der Waals surface area (Å²) in [5.41, 5.74) is 1.35. The van der Waals surface area contributed by atoms with E-state index in [-0.39, 0.29) is 0 Å². The third-order valence-corrected chi connectivity index (χ3v) is 3.40. The van der Waals surface area contributed by atoms with Crippen LogP contribution in [0.1, 0.15) is 53.9 Å². The van der Waals surface area contributed by atoms with Crippen LogP contribution in [0, 0.1) is 11.8 Å². The van der Waals surface area contributed by atoms with E-state index in [9.17, 15) is 0 Å². The molecule has 1 heterocycles. The highest BCUT2D eigenvalue weighted by Gasteiger charge is 2.42. The van der Waals surface area contributed by atoms with Gasteiger partial charge in [0.05, 0.1) is 12.2 Å². The van der Waals surface area contributed by atoms with Gasteiger partial charge in [-0.2, -0.15) is 0 Å². The standard InChI is InChI=1S/C16H28O/c1-6-8-14(5)16-15(17-16)11-13(4)10-7-9-12(2)3/h7,9-10,13-16H,6,8,11H2,1-5H3/b10-7+/t13-,14-,15-,16-/m1/s1. The smallest absolute Gasteiger partial charge is 0.0867 e. The van der Waals surface area contributed by atoms with E-state index in [1.807, 2.05) is 0 Å². The van der Waals surface area contributed by atoms with Crippen LogP contribution in [0.4, 0.5) is 0 Å². The first-order valence-corrected chi connectivity index (χ1v) is 7.01. The summed E-state index contributed by atoms with van der Waals surface area (Å²) < 4.78 is 5.78. The molecule has 1 nitrogen and oxygen atoms in total. The normalized spacial score (nSPS) is 26.9. The predicted molar refractivity (Wildman–Crippen MR) is 75.1 cm³/mol. The zero-order chi connectivity index (χ0) is 12.8. The quantitative estimate of drug-likeness (QED) is 0.459. The Bertz CT molecular complexity index is 273. The lowest BCUT2D eigenvalue weighted by atomic mass is 9.95. The molecule has 0 N–H and O–H groups in total. The number of epoxide rings is 1. The molecule has 0 aromatic carbocycles. The van der Waals surface area contributed by atoms with Gasteiger partial charge in [0, 0.05) is 0 Å². The predicted octanol–water partition coefficient (Wildman–Crippen LogP) is 4.74. The highest BCUT2D eigenvalue weighted by Crippen LogP contribution is 2.36. The first-order chi connectivity index (χ1) is 8.04. The second-order valence-electron chi connectivity index (χ2n) is 5.75. The average molecular weight is 236 g/mol. The lowest BCUT2D eigenvalue weighted by Gasteiger charge is -2.06. The Labute approximate surface area is 107 Å². The molecule has 0 unspecified atom stereocenters. The lowest BCUT2D eigenvalue weighted by molar-refractivity contribution is 0.309. The lowest BCUT2D eigenvalue weighted by Crippen LogP contribution is -2.08. The van der Waals surface area contributed by atoms with Crippen LogP contribution in [0.25, 0.3) is 0 Å². The molecule has 1 saturated heterocycles. The zero-order valence-corrected chi connectivity index (χ0v) is 12.1. The van der Waals surface area contributed by atoms with Gasteiger partial charge in [0.15, 0.2) is 0 Å². The summed E-state index contributed by atoms with van der Waals surface area (Å²) in [5.74, 6) is 1.35. The van der Waals surface area contributed by atoms with E-state index in [1.54, 1.807) is 0 Å². The van der Waals surface area contributed by atoms with Crippen molar-refractivity contribution in [3.05, 3.63) is 23.8 Å². The van der Waals surface area contributed by atoms with Crippen LogP contribution in [0.2, 0.25) is 0 Å². The second kappa shape index (κ2) is 7.00. The van der Waals surface area contributed by atoms with E-state index >= 15 is 0 Å². The van der Waals surface area contributed by atoms with E-state index in [4.69, 9.17) is 4.74 Å². The van der Waals surface area contributed by atoms with E-state index in [1.165, 1.54) is 24.8 Å². The third-order valence-electron chi connectivity index (χ3n) is 3.40. The van der Waals surface area contributed by atoms with Crippen LogP contribution in [0.5, 0.6) is 0 Å². The first kappa shape index (κ1) is 14.5. The molecule has 1 fully saturated rings. The number of allylic oxidation sites excluding steroid dienone is 4. The van der Waals surface area contributed by atoms with Crippen molar-refractivity contribution >= 4 is 0 Å². The maximum Gasteiger partial charge on any atom is 0.0867 e. The van der Waals surface area contributed by atoms with Crippen molar-refractivity contribution in [2.75, 3.05) is 0 Å². The van der Waals surface area contributed by atoms with Gasteiger partial charge in [-0.1, -0.05) is 51.0 Å². The summed E-state index contributed by atoms with van der Waals surface area (Å²) >= 11 is 0. The molecule has 1 aliphatic rings. The van der Waals surface area contributed by atoms with Gasteiger partial charge in [-0.05, 0) is 38.5 Å². The minimum absolute atomic E-state index is 0.517. The van der Waals surface area contributed by atoms with Gasteiger partial charge in [-0.25, -0.2) is 0 Å². The summed E-state index contributed by atoms with van der Waals surface area (Å²) in [6.07, 6.45) is 11.4. The summed E-state index contributed by atoms with van der Waals surface area (Å²) in [5, 5.41) is 0. The molecule has 4 atom stereocenters. The zero-order valence-electron chi connectivity index (χ0n) is 12.1. The van der Waals surface area contributed by atoms with Crippen molar-refractivity contribution in [2.45, 2.75) is 66.1 Å². The Hall–Kier alpha value is -0.560. The molecule has 0 saturated carbocycles. The van der Waals surface area contributed by atoms with E-state index < -0.39 is 0 Å². The van der Waals surface area contributed by atoms with Crippen LogP contribution in [0.3, 0.4) is 0 Å². The summed E-state index contributed by atoms with van der Waals surface area (Å²) in [6.45, 7) is 11.1. The van der Waals surface area contributed by atoms with E-state index in [2.05, 4.69) is 52.8 Å². The van der Waals surface area contributed by atoms with Crippen molar-refractivity contribution in [2.24, 2.45) is 11.8 Å². The molecule has 1 rings (SSSR count). The molecule has 0 aromatic heterocycles. The van der Waals surface area contributed by atoms with Crippen molar-refractivity contribution in [3.8, 4) is 0 Å². The highest BCUT2D eigenvalue weighted by atomic mass is 16.6. The van der Waals surface area contributed by atoms with Crippen LogP contribution in [-0.2, 0) is 4.74 Å². The minimum Gasteiger partial charge on any atom is -0.369 e. The monoisotopic (exact) mass is 236 g/mol. The van der Waals surface area contributed by atoms with Crippen molar-refractivity contribution in [1.29, 1.82) is 0 Å². The fourth-order valence-electron chi connectivity index (χ4n) is 2.35. The van der Waals surface area contributed by atoms with Gasteiger partial charge in [-0.15, -0.1) is 0 Å². The third kappa shape index (κ3) is 5.54. The molecule has 1 heteroatoms. The molecular weight excluding hydrogens is 208 g/mol. The first-order valence-electron chi connectivity index (χ1n) is 7.01. The van der Waals surface area contributed by atoms with Crippen molar-refractivity contribution < 1.29 is 4.74 Å². The van der Waals surface area contributed by atoms with Gasteiger partial charge in [0.2, 0.25) is 0 Å². The Balaban J connectivity index is 2.23. The van der Waals surface area contributed by atoms with Gasteiger partial charge in [0.25, 0.3) is 0 Å². The fraction of sp³-hybridized carbons (Fsp3) is 0.750. The summed E-state index contributed by atoms with van der Waals surface area (Å²) in [4.78, 5) is 0. The van der Waals surface area contributed by atoms with Crippen LogP contribution >= 0.6 is 0 Å². The molecule has 0 radical (unpaired) electrons. The van der Waals surface area contributed by atoms with Crippen LogP contribution in [0.15, 0.2) is 23.8 Å². The Morgan fingerprint density at radius 2 is 2.00 bits per heavy atom. The minimum atomic E-state index is 0.517. The van der Waals surface area contributed by atoms with Gasteiger partial charge in [-0.3, -0.25) is 0 Å². The maximum atomic E-state index is 5.78. The maximum absolute atomic E-state index is 5.78. The molecule has 0 aromatic rings. The molecule has 0 spiro atoms. The van der Waals surface area contributed by atoms with Crippen LogP contribution in [-0.4, -0.2) is 12.2 Å². The van der Waals surface area contributed by atoms with Gasteiger partial charge < -0.3 is 4.74 Å². The number of hydrogen-bond donors (Lipinski definition) is 0. The molecule has 17 heavy (non-hydrogen) atoms. The Kier molecular flexibility index (Phi) is 5.97. The largest absolute Gasteiger partial charge is 0.369 e. The topological polar surface area (TPSA) is 12.5 Å².